The predicted octanol–water partition coefficient (Wildman–Crippen LogP) is 1.84. The molecule has 1 aromatic rings. The number of rotatable bonds is 7. The van der Waals surface area contributed by atoms with E-state index in [1.165, 1.54) is 12.8 Å². The predicted molar refractivity (Wildman–Crippen MR) is 75.1 cm³/mol. The number of hydrogen-bond donors (Lipinski definition) is 2. The molecule has 1 fully saturated rings. The molecule has 0 saturated heterocycles. The van der Waals surface area contributed by atoms with Crippen LogP contribution in [0.3, 0.4) is 0 Å². The van der Waals surface area contributed by atoms with Gasteiger partial charge in [-0.15, -0.1) is 0 Å². The van der Waals surface area contributed by atoms with E-state index in [0.29, 0.717) is 6.04 Å². The van der Waals surface area contributed by atoms with Crippen LogP contribution in [-0.4, -0.2) is 24.6 Å². The van der Waals surface area contributed by atoms with Crippen molar-refractivity contribution in [1.29, 1.82) is 0 Å². The molecule has 2 rings (SSSR count). The van der Waals surface area contributed by atoms with Gasteiger partial charge in [-0.3, -0.25) is 4.79 Å². The van der Waals surface area contributed by atoms with Crippen molar-refractivity contribution < 1.29 is 9.53 Å². The number of benzene rings is 1. The Morgan fingerprint density at radius 1 is 1.37 bits per heavy atom. The standard InChI is InChI=1S/C15H22N2O2/c1-11(2)17-15(18)10-19-14-6-4-3-5-12(14)9-16-13-7-8-13/h3-6,11,13,16H,7-10H2,1-2H3,(H,17,18). The summed E-state index contributed by atoms with van der Waals surface area (Å²) in [6.07, 6.45) is 2.53. The Labute approximate surface area is 114 Å². The summed E-state index contributed by atoms with van der Waals surface area (Å²) in [4.78, 5) is 11.6. The number of nitrogens with one attached hydrogen (secondary N) is 2. The van der Waals surface area contributed by atoms with E-state index in [1.54, 1.807) is 0 Å². The molecule has 0 radical (unpaired) electrons. The first-order valence-electron chi connectivity index (χ1n) is 6.88. The number of para-hydroxylation sites is 1. The molecule has 104 valence electrons. The molecule has 4 heteroatoms. The first kappa shape index (κ1) is 13.9. The van der Waals surface area contributed by atoms with Gasteiger partial charge in [-0.1, -0.05) is 18.2 Å². The van der Waals surface area contributed by atoms with Gasteiger partial charge in [0.15, 0.2) is 6.61 Å². The van der Waals surface area contributed by atoms with Crippen molar-refractivity contribution in [2.75, 3.05) is 6.61 Å². The van der Waals surface area contributed by atoms with Gasteiger partial charge in [-0.25, -0.2) is 0 Å². The number of amides is 1. The third kappa shape index (κ3) is 4.91. The summed E-state index contributed by atoms with van der Waals surface area (Å²) in [5.74, 6) is 0.703. The highest BCUT2D eigenvalue weighted by atomic mass is 16.5. The van der Waals surface area contributed by atoms with Crippen LogP contribution in [0.4, 0.5) is 0 Å². The smallest absolute Gasteiger partial charge is 0.258 e. The zero-order valence-corrected chi connectivity index (χ0v) is 11.6. The van der Waals surface area contributed by atoms with E-state index in [-0.39, 0.29) is 18.6 Å². The first-order valence-corrected chi connectivity index (χ1v) is 6.88. The van der Waals surface area contributed by atoms with Gasteiger partial charge in [0.2, 0.25) is 0 Å². The highest BCUT2D eigenvalue weighted by Gasteiger charge is 2.20. The van der Waals surface area contributed by atoms with Crippen LogP contribution < -0.4 is 15.4 Å². The lowest BCUT2D eigenvalue weighted by molar-refractivity contribution is -0.123. The van der Waals surface area contributed by atoms with Crippen molar-refractivity contribution in [3.63, 3.8) is 0 Å². The maximum Gasteiger partial charge on any atom is 0.258 e. The maximum atomic E-state index is 11.6. The first-order chi connectivity index (χ1) is 9.15. The van der Waals surface area contributed by atoms with E-state index >= 15 is 0 Å². The number of carbonyl (C=O) groups is 1. The molecule has 0 bridgehead atoms. The molecule has 0 spiro atoms. The third-order valence-corrected chi connectivity index (χ3v) is 2.94. The number of ether oxygens (including phenoxy) is 1. The Balaban J connectivity index is 1.85. The van der Waals surface area contributed by atoms with E-state index < -0.39 is 0 Å². The number of hydrogen-bond acceptors (Lipinski definition) is 3. The highest BCUT2D eigenvalue weighted by molar-refractivity contribution is 5.77. The van der Waals surface area contributed by atoms with E-state index in [0.717, 1.165) is 17.9 Å². The van der Waals surface area contributed by atoms with Crippen molar-refractivity contribution in [2.24, 2.45) is 0 Å². The van der Waals surface area contributed by atoms with E-state index in [4.69, 9.17) is 4.74 Å². The van der Waals surface area contributed by atoms with Crippen LogP contribution in [0.1, 0.15) is 32.3 Å². The van der Waals surface area contributed by atoms with E-state index in [9.17, 15) is 4.79 Å². The fourth-order valence-electron chi connectivity index (χ4n) is 1.84. The Morgan fingerprint density at radius 3 is 2.79 bits per heavy atom. The minimum absolute atomic E-state index is 0.0681. The molecular weight excluding hydrogens is 240 g/mol. The normalized spacial score (nSPS) is 14.5. The van der Waals surface area contributed by atoms with Crippen LogP contribution in [0.2, 0.25) is 0 Å². The Hall–Kier alpha value is -1.55. The fraction of sp³-hybridized carbons (Fsp3) is 0.533. The largest absolute Gasteiger partial charge is 0.483 e. The monoisotopic (exact) mass is 262 g/mol. The topological polar surface area (TPSA) is 50.4 Å². The second kappa shape index (κ2) is 6.57. The van der Waals surface area contributed by atoms with Crippen molar-refractivity contribution in [3.8, 4) is 5.75 Å². The minimum Gasteiger partial charge on any atom is -0.483 e. The quantitative estimate of drug-likeness (QED) is 0.788. The molecule has 1 aromatic carbocycles. The molecule has 2 N–H and O–H groups in total. The Bertz CT molecular complexity index is 428. The molecule has 1 aliphatic rings. The third-order valence-electron chi connectivity index (χ3n) is 2.94. The van der Waals surface area contributed by atoms with Crippen molar-refractivity contribution in [1.82, 2.24) is 10.6 Å². The van der Waals surface area contributed by atoms with Gasteiger partial charge in [0.05, 0.1) is 0 Å². The molecule has 0 unspecified atom stereocenters. The van der Waals surface area contributed by atoms with Crippen LogP contribution in [0, 0.1) is 0 Å². The lowest BCUT2D eigenvalue weighted by atomic mass is 10.2. The Morgan fingerprint density at radius 2 is 2.11 bits per heavy atom. The highest BCUT2D eigenvalue weighted by Crippen LogP contribution is 2.22. The van der Waals surface area contributed by atoms with Crippen LogP contribution in [0.25, 0.3) is 0 Å². The lowest BCUT2D eigenvalue weighted by Gasteiger charge is -2.13. The minimum atomic E-state index is -0.0834. The molecule has 19 heavy (non-hydrogen) atoms. The zero-order valence-electron chi connectivity index (χ0n) is 11.6. The van der Waals surface area contributed by atoms with Crippen LogP contribution in [0.5, 0.6) is 5.75 Å². The Kier molecular flexibility index (Phi) is 4.80. The lowest BCUT2D eigenvalue weighted by Crippen LogP contribution is -2.34. The summed E-state index contributed by atoms with van der Waals surface area (Å²) in [5, 5.41) is 6.27. The molecule has 0 aliphatic heterocycles. The molecule has 0 heterocycles. The second-order valence-electron chi connectivity index (χ2n) is 5.27. The summed E-state index contributed by atoms with van der Waals surface area (Å²) >= 11 is 0. The summed E-state index contributed by atoms with van der Waals surface area (Å²) in [6.45, 7) is 4.74. The van der Waals surface area contributed by atoms with Gasteiger partial charge >= 0.3 is 0 Å². The SMILES string of the molecule is CC(C)NC(=O)COc1ccccc1CNC1CC1. The molecule has 1 aliphatic carbocycles. The summed E-state index contributed by atoms with van der Waals surface area (Å²) < 4.78 is 5.60. The zero-order chi connectivity index (χ0) is 13.7. The molecule has 1 saturated carbocycles. The van der Waals surface area contributed by atoms with Crippen molar-refractivity contribution >= 4 is 5.91 Å². The average molecular weight is 262 g/mol. The summed E-state index contributed by atoms with van der Waals surface area (Å²) in [5.41, 5.74) is 1.10. The van der Waals surface area contributed by atoms with E-state index in [2.05, 4.69) is 10.6 Å². The van der Waals surface area contributed by atoms with Crippen molar-refractivity contribution in [2.45, 2.75) is 45.3 Å². The van der Waals surface area contributed by atoms with E-state index in [1.807, 2.05) is 38.1 Å². The fourth-order valence-corrected chi connectivity index (χ4v) is 1.84. The summed E-state index contributed by atoms with van der Waals surface area (Å²) in [6, 6.07) is 8.67. The van der Waals surface area contributed by atoms with Crippen LogP contribution in [-0.2, 0) is 11.3 Å². The van der Waals surface area contributed by atoms with Gasteiger partial charge in [0.25, 0.3) is 5.91 Å². The molecule has 0 atom stereocenters. The van der Waals surface area contributed by atoms with Gasteiger partial charge in [-0.05, 0) is 32.8 Å². The van der Waals surface area contributed by atoms with Gasteiger partial charge in [-0.2, -0.15) is 0 Å². The van der Waals surface area contributed by atoms with Gasteiger partial charge in [0.1, 0.15) is 5.75 Å². The van der Waals surface area contributed by atoms with Gasteiger partial charge < -0.3 is 15.4 Å². The molecule has 1 amide bonds. The van der Waals surface area contributed by atoms with Crippen molar-refractivity contribution in [3.05, 3.63) is 29.8 Å². The number of carbonyl (C=O) groups excluding carboxylic acids is 1. The van der Waals surface area contributed by atoms with Crippen LogP contribution in [0.15, 0.2) is 24.3 Å². The molecular formula is C15H22N2O2. The van der Waals surface area contributed by atoms with Gasteiger partial charge in [0, 0.05) is 24.2 Å². The summed E-state index contributed by atoms with van der Waals surface area (Å²) in [7, 11) is 0. The maximum absolute atomic E-state index is 11.6. The van der Waals surface area contributed by atoms with Crippen LogP contribution >= 0.6 is 0 Å². The molecule has 4 nitrogen and oxygen atoms in total. The molecule has 0 aromatic heterocycles. The second-order valence-corrected chi connectivity index (χ2v) is 5.27. The average Bonchev–Trinajstić information content (AvgIpc) is 3.18.